The van der Waals surface area contributed by atoms with Crippen LogP contribution in [0, 0.1) is 18.7 Å². The van der Waals surface area contributed by atoms with Crippen molar-refractivity contribution in [2.24, 2.45) is 13.0 Å². The Kier molecular flexibility index (Phi) is 4.51. The van der Waals surface area contributed by atoms with Crippen LogP contribution in [0.2, 0.25) is 0 Å². The standard InChI is InChI=1S/C19H21FN2O2/c1-13-5-10-17(21(13)2)19(24)22-11-3-4-15(12-22)18(23)14-6-8-16(20)9-7-14/h5-10,15H,3-4,11-12H2,1-2H3/t15-/m0/s1. The first-order valence-electron chi connectivity index (χ1n) is 8.18. The van der Waals surface area contributed by atoms with Crippen molar-refractivity contribution in [1.29, 1.82) is 0 Å². The van der Waals surface area contributed by atoms with Gasteiger partial charge in [0.2, 0.25) is 0 Å². The lowest BCUT2D eigenvalue weighted by Gasteiger charge is -2.32. The lowest BCUT2D eigenvalue weighted by molar-refractivity contribution is 0.0629. The summed E-state index contributed by atoms with van der Waals surface area (Å²) >= 11 is 0. The van der Waals surface area contributed by atoms with Gasteiger partial charge in [-0.25, -0.2) is 4.39 Å². The first-order valence-corrected chi connectivity index (χ1v) is 8.18. The van der Waals surface area contributed by atoms with Crippen LogP contribution < -0.4 is 0 Å². The molecule has 1 saturated heterocycles. The van der Waals surface area contributed by atoms with E-state index in [1.54, 1.807) is 4.90 Å². The second kappa shape index (κ2) is 6.59. The van der Waals surface area contributed by atoms with Crippen LogP contribution in [0.4, 0.5) is 4.39 Å². The molecule has 5 heteroatoms. The molecule has 0 bridgehead atoms. The topological polar surface area (TPSA) is 42.3 Å². The van der Waals surface area contributed by atoms with Gasteiger partial charge in [-0.2, -0.15) is 0 Å². The van der Waals surface area contributed by atoms with Crippen molar-refractivity contribution in [3.05, 3.63) is 59.2 Å². The fourth-order valence-corrected chi connectivity index (χ4v) is 3.22. The first-order chi connectivity index (χ1) is 11.5. The van der Waals surface area contributed by atoms with Crippen LogP contribution in [0.25, 0.3) is 0 Å². The number of piperidine rings is 1. The average molecular weight is 328 g/mol. The Bertz CT molecular complexity index is 764. The second-order valence-electron chi connectivity index (χ2n) is 6.38. The van der Waals surface area contributed by atoms with E-state index in [1.165, 1.54) is 24.3 Å². The Morgan fingerprint density at radius 3 is 2.46 bits per heavy atom. The Balaban J connectivity index is 1.74. The van der Waals surface area contributed by atoms with E-state index < -0.39 is 0 Å². The maximum atomic E-state index is 13.0. The number of hydrogen-bond acceptors (Lipinski definition) is 2. The van der Waals surface area contributed by atoms with Gasteiger partial charge in [-0.3, -0.25) is 9.59 Å². The van der Waals surface area contributed by atoms with Gasteiger partial charge in [0.25, 0.3) is 5.91 Å². The monoisotopic (exact) mass is 328 g/mol. The van der Waals surface area contributed by atoms with E-state index in [1.807, 2.05) is 30.7 Å². The molecule has 1 aliphatic rings. The Morgan fingerprint density at radius 2 is 1.83 bits per heavy atom. The maximum absolute atomic E-state index is 13.0. The van der Waals surface area contributed by atoms with E-state index in [9.17, 15) is 14.0 Å². The third kappa shape index (κ3) is 3.11. The van der Waals surface area contributed by atoms with E-state index in [0.29, 0.717) is 24.3 Å². The van der Waals surface area contributed by atoms with E-state index in [4.69, 9.17) is 0 Å². The number of Topliss-reactive ketones (excluding diaryl/α,β-unsaturated/α-hetero) is 1. The molecule has 0 saturated carbocycles. The number of ketones is 1. The van der Waals surface area contributed by atoms with E-state index in [0.717, 1.165) is 18.5 Å². The van der Waals surface area contributed by atoms with Crippen molar-refractivity contribution in [2.45, 2.75) is 19.8 Å². The molecule has 0 unspecified atom stereocenters. The zero-order valence-corrected chi connectivity index (χ0v) is 14.0. The molecule has 1 fully saturated rings. The number of likely N-dealkylation sites (tertiary alicyclic amines) is 1. The fraction of sp³-hybridized carbons (Fsp3) is 0.368. The van der Waals surface area contributed by atoms with E-state index in [2.05, 4.69) is 0 Å². The molecular weight excluding hydrogens is 307 g/mol. The molecule has 0 radical (unpaired) electrons. The summed E-state index contributed by atoms with van der Waals surface area (Å²) in [7, 11) is 1.87. The second-order valence-corrected chi connectivity index (χ2v) is 6.38. The smallest absolute Gasteiger partial charge is 0.270 e. The number of rotatable bonds is 3. The largest absolute Gasteiger partial charge is 0.344 e. The van der Waals surface area contributed by atoms with Crippen molar-refractivity contribution in [3.63, 3.8) is 0 Å². The van der Waals surface area contributed by atoms with Crippen LogP contribution in [-0.2, 0) is 7.05 Å². The minimum Gasteiger partial charge on any atom is -0.344 e. The van der Waals surface area contributed by atoms with E-state index >= 15 is 0 Å². The zero-order chi connectivity index (χ0) is 17.3. The molecule has 0 spiro atoms. The van der Waals surface area contributed by atoms with Gasteiger partial charge in [0.05, 0.1) is 0 Å². The SMILES string of the molecule is Cc1ccc(C(=O)N2CCC[C@H](C(=O)c3ccc(F)cc3)C2)n1C. The summed E-state index contributed by atoms with van der Waals surface area (Å²) < 4.78 is 14.9. The first kappa shape index (κ1) is 16.4. The Hall–Kier alpha value is -2.43. The summed E-state index contributed by atoms with van der Waals surface area (Å²) in [5.74, 6) is -0.640. The number of benzene rings is 1. The van der Waals surface area contributed by atoms with Crippen LogP contribution in [0.3, 0.4) is 0 Å². The van der Waals surface area contributed by atoms with Gasteiger partial charge < -0.3 is 9.47 Å². The number of nitrogens with zero attached hydrogens (tertiary/aromatic N) is 2. The third-order valence-electron chi connectivity index (χ3n) is 4.80. The number of aromatic nitrogens is 1. The number of hydrogen-bond donors (Lipinski definition) is 0. The van der Waals surface area contributed by atoms with Crippen LogP contribution in [-0.4, -0.2) is 34.2 Å². The Morgan fingerprint density at radius 1 is 1.12 bits per heavy atom. The highest BCUT2D eigenvalue weighted by Crippen LogP contribution is 2.23. The summed E-state index contributed by atoms with van der Waals surface area (Å²) in [6.45, 7) is 3.03. The molecule has 0 N–H and O–H groups in total. The minimum absolute atomic E-state index is 0.0180. The van der Waals surface area contributed by atoms with Crippen LogP contribution in [0.1, 0.15) is 39.4 Å². The van der Waals surface area contributed by atoms with Gasteiger partial charge in [-0.15, -0.1) is 0 Å². The van der Waals surface area contributed by atoms with Crippen molar-refractivity contribution < 1.29 is 14.0 Å². The third-order valence-corrected chi connectivity index (χ3v) is 4.80. The van der Waals surface area contributed by atoms with Gasteiger partial charge in [-0.1, -0.05) is 0 Å². The number of carbonyl (C=O) groups is 2. The maximum Gasteiger partial charge on any atom is 0.270 e. The lowest BCUT2D eigenvalue weighted by atomic mass is 9.90. The summed E-state index contributed by atoms with van der Waals surface area (Å²) in [4.78, 5) is 27.1. The summed E-state index contributed by atoms with van der Waals surface area (Å²) in [5.41, 5.74) is 2.17. The summed E-state index contributed by atoms with van der Waals surface area (Å²) in [6, 6.07) is 9.36. The Labute approximate surface area is 140 Å². The average Bonchev–Trinajstić information content (AvgIpc) is 2.93. The summed E-state index contributed by atoms with van der Waals surface area (Å²) in [5, 5.41) is 0. The van der Waals surface area contributed by atoms with Gasteiger partial charge in [-0.05, 0) is 56.2 Å². The van der Waals surface area contributed by atoms with Crippen LogP contribution >= 0.6 is 0 Å². The number of carbonyl (C=O) groups excluding carboxylic acids is 2. The molecule has 1 aromatic carbocycles. The molecule has 1 aliphatic heterocycles. The molecule has 1 aromatic heterocycles. The fourth-order valence-electron chi connectivity index (χ4n) is 3.22. The van der Waals surface area contributed by atoms with E-state index in [-0.39, 0.29) is 23.4 Å². The number of halogens is 1. The molecule has 1 atom stereocenters. The minimum atomic E-state index is -0.355. The van der Waals surface area contributed by atoms with Crippen molar-refractivity contribution in [3.8, 4) is 0 Å². The van der Waals surface area contributed by atoms with Gasteiger partial charge >= 0.3 is 0 Å². The van der Waals surface area contributed by atoms with Gasteiger partial charge in [0.15, 0.2) is 5.78 Å². The molecule has 0 aliphatic carbocycles. The van der Waals surface area contributed by atoms with Gasteiger partial charge in [0.1, 0.15) is 11.5 Å². The zero-order valence-electron chi connectivity index (χ0n) is 14.0. The van der Waals surface area contributed by atoms with Crippen LogP contribution in [0.5, 0.6) is 0 Å². The highest BCUT2D eigenvalue weighted by atomic mass is 19.1. The molecule has 3 rings (SSSR count). The number of amides is 1. The molecular formula is C19H21FN2O2. The predicted molar refractivity (Wildman–Crippen MR) is 89.5 cm³/mol. The summed E-state index contributed by atoms with van der Waals surface area (Å²) in [6.07, 6.45) is 1.55. The van der Waals surface area contributed by atoms with Crippen molar-refractivity contribution in [2.75, 3.05) is 13.1 Å². The normalized spacial score (nSPS) is 17.8. The molecule has 4 nitrogen and oxygen atoms in total. The highest BCUT2D eigenvalue weighted by Gasteiger charge is 2.30. The molecule has 1 amide bonds. The molecule has 2 heterocycles. The van der Waals surface area contributed by atoms with Crippen LogP contribution in [0.15, 0.2) is 36.4 Å². The predicted octanol–water partition coefficient (Wildman–Crippen LogP) is 3.21. The van der Waals surface area contributed by atoms with Crippen molar-refractivity contribution >= 4 is 11.7 Å². The number of aryl methyl sites for hydroxylation is 1. The highest BCUT2D eigenvalue weighted by molar-refractivity contribution is 5.99. The quantitative estimate of drug-likeness (QED) is 0.812. The molecule has 126 valence electrons. The van der Waals surface area contributed by atoms with Crippen molar-refractivity contribution in [1.82, 2.24) is 9.47 Å². The lowest BCUT2D eigenvalue weighted by Crippen LogP contribution is -2.43. The molecule has 2 aromatic rings. The van der Waals surface area contributed by atoms with Gasteiger partial charge in [0, 0.05) is 37.3 Å². The molecule has 24 heavy (non-hydrogen) atoms.